The maximum absolute atomic E-state index is 11.0. The van der Waals surface area contributed by atoms with Crippen molar-refractivity contribution in [2.75, 3.05) is 31.1 Å². The quantitative estimate of drug-likeness (QED) is 0.523. The van der Waals surface area contributed by atoms with Gasteiger partial charge in [-0.1, -0.05) is 42.5 Å². The fourth-order valence-electron chi connectivity index (χ4n) is 3.92. The number of hydrogen-bond acceptors (Lipinski definition) is 7. The van der Waals surface area contributed by atoms with Crippen molar-refractivity contribution in [2.24, 2.45) is 0 Å². The van der Waals surface area contributed by atoms with E-state index in [1.807, 2.05) is 6.92 Å². The third kappa shape index (κ3) is 3.41. The van der Waals surface area contributed by atoms with Gasteiger partial charge in [-0.15, -0.1) is 16.4 Å². The number of aryl methyl sites for hydroxylation is 1. The molecule has 4 heterocycles. The fourth-order valence-corrected chi connectivity index (χ4v) is 5.99. The molecule has 1 saturated heterocycles. The van der Waals surface area contributed by atoms with E-state index >= 15 is 0 Å². The molecule has 8 heteroatoms. The van der Waals surface area contributed by atoms with Gasteiger partial charge < -0.3 is 10.0 Å². The summed E-state index contributed by atoms with van der Waals surface area (Å²) >= 11 is 3.28. The number of piperazine rings is 1. The van der Waals surface area contributed by atoms with Gasteiger partial charge in [0.25, 0.3) is 0 Å². The van der Waals surface area contributed by atoms with Crippen LogP contribution in [0.1, 0.15) is 28.5 Å². The molecule has 0 aliphatic carbocycles. The number of anilines is 1. The highest BCUT2D eigenvalue weighted by atomic mass is 32.1. The van der Waals surface area contributed by atoms with Crippen LogP contribution in [0.5, 0.6) is 5.88 Å². The summed E-state index contributed by atoms with van der Waals surface area (Å²) in [4.78, 5) is 12.4. The van der Waals surface area contributed by atoms with Gasteiger partial charge in [0.15, 0.2) is 5.82 Å². The van der Waals surface area contributed by atoms with E-state index in [1.165, 1.54) is 10.6 Å². The summed E-state index contributed by atoms with van der Waals surface area (Å²) in [7, 11) is 0. The number of fused-ring (bicyclic) bond motifs is 1. The highest BCUT2D eigenvalue weighted by molar-refractivity contribution is 7.17. The van der Waals surface area contributed by atoms with Crippen LogP contribution < -0.4 is 4.90 Å². The van der Waals surface area contributed by atoms with Crippen LogP contribution in [-0.4, -0.2) is 50.8 Å². The first-order valence-corrected chi connectivity index (χ1v) is 11.6. The van der Waals surface area contributed by atoms with E-state index in [2.05, 4.69) is 67.7 Å². The molecule has 0 radical (unpaired) electrons. The van der Waals surface area contributed by atoms with Gasteiger partial charge in [0, 0.05) is 43.2 Å². The second-order valence-corrected chi connectivity index (χ2v) is 9.13. The monoisotopic (exact) mass is 425 g/mol. The van der Waals surface area contributed by atoms with E-state index in [4.69, 9.17) is 0 Å². The van der Waals surface area contributed by atoms with Gasteiger partial charge in [0.05, 0.1) is 10.9 Å². The van der Waals surface area contributed by atoms with Gasteiger partial charge in [-0.05, 0) is 23.6 Å². The van der Waals surface area contributed by atoms with Gasteiger partial charge in [0.2, 0.25) is 10.8 Å². The lowest BCUT2D eigenvalue weighted by atomic mass is 10.1. The summed E-state index contributed by atoms with van der Waals surface area (Å²) in [5, 5.41) is 17.5. The smallest absolute Gasteiger partial charge is 0.230 e. The molecule has 0 unspecified atom stereocenters. The fraction of sp³-hybridized carbons (Fsp3) is 0.333. The van der Waals surface area contributed by atoms with Crippen LogP contribution >= 0.6 is 22.7 Å². The van der Waals surface area contributed by atoms with Crippen LogP contribution in [0.15, 0.2) is 47.8 Å². The van der Waals surface area contributed by atoms with E-state index in [0.29, 0.717) is 0 Å². The number of hydrogen-bond donors (Lipinski definition) is 1. The first kappa shape index (κ1) is 18.6. The molecule has 4 aromatic rings. The Balaban J connectivity index is 1.45. The average Bonchev–Trinajstić information content (AvgIpc) is 3.49. The van der Waals surface area contributed by atoms with Crippen molar-refractivity contribution in [3.05, 3.63) is 63.4 Å². The predicted octanol–water partition coefficient (Wildman–Crippen LogP) is 4.03. The highest BCUT2D eigenvalue weighted by Gasteiger charge is 2.32. The summed E-state index contributed by atoms with van der Waals surface area (Å²) in [6, 6.07) is 14.8. The number of nitrogens with zero attached hydrogens (tertiary/aromatic N) is 5. The molecule has 0 spiro atoms. The predicted molar refractivity (Wildman–Crippen MR) is 118 cm³/mol. The van der Waals surface area contributed by atoms with Crippen molar-refractivity contribution >= 4 is 33.3 Å². The maximum Gasteiger partial charge on any atom is 0.230 e. The third-order valence-electron chi connectivity index (χ3n) is 5.42. The molecular weight excluding hydrogens is 402 g/mol. The molecule has 1 aliphatic rings. The molecule has 29 heavy (non-hydrogen) atoms. The van der Waals surface area contributed by atoms with Crippen molar-refractivity contribution in [3.8, 4) is 5.88 Å². The van der Waals surface area contributed by atoms with Crippen molar-refractivity contribution in [1.82, 2.24) is 19.5 Å². The first-order chi connectivity index (χ1) is 14.2. The number of aromatic hydroxyl groups is 1. The summed E-state index contributed by atoms with van der Waals surface area (Å²) < 4.78 is 1.60. The Kier molecular flexibility index (Phi) is 4.99. The Labute approximate surface area is 177 Å². The zero-order valence-corrected chi connectivity index (χ0v) is 17.9. The number of rotatable bonds is 5. The minimum absolute atomic E-state index is 0.0338. The topological polar surface area (TPSA) is 56.9 Å². The average molecular weight is 426 g/mol. The SMILES string of the molecule is CCc1nc2sc([C@H](c3cccs3)N3CCN(c4ccccc4)CC3)c(O)n2n1. The largest absolute Gasteiger partial charge is 0.492 e. The van der Waals surface area contributed by atoms with Crippen LogP contribution in [0.4, 0.5) is 5.69 Å². The Hall–Kier alpha value is -2.42. The summed E-state index contributed by atoms with van der Waals surface area (Å²) in [6.45, 7) is 5.83. The van der Waals surface area contributed by atoms with Crippen LogP contribution in [0.3, 0.4) is 0 Å². The van der Waals surface area contributed by atoms with Crippen LogP contribution in [0.25, 0.3) is 4.96 Å². The minimum Gasteiger partial charge on any atom is -0.492 e. The number of para-hydroxylation sites is 1. The second kappa shape index (κ2) is 7.78. The second-order valence-electron chi connectivity index (χ2n) is 7.14. The number of benzene rings is 1. The Morgan fingerprint density at radius 3 is 2.52 bits per heavy atom. The van der Waals surface area contributed by atoms with Crippen LogP contribution in [-0.2, 0) is 6.42 Å². The lowest BCUT2D eigenvalue weighted by Crippen LogP contribution is -2.47. The van der Waals surface area contributed by atoms with E-state index in [9.17, 15) is 5.11 Å². The normalized spacial score (nSPS) is 16.5. The number of thiazole rings is 1. The minimum atomic E-state index is 0.0338. The van der Waals surface area contributed by atoms with Crippen LogP contribution in [0, 0.1) is 0 Å². The van der Waals surface area contributed by atoms with Gasteiger partial charge in [-0.2, -0.15) is 4.52 Å². The van der Waals surface area contributed by atoms with E-state index in [1.54, 1.807) is 27.2 Å². The number of thiophene rings is 1. The van der Waals surface area contributed by atoms with Crippen LogP contribution in [0.2, 0.25) is 0 Å². The van der Waals surface area contributed by atoms with Crippen molar-refractivity contribution < 1.29 is 5.11 Å². The zero-order chi connectivity index (χ0) is 19.8. The molecule has 1 atom stereocenters. The zero-order valence-electron chi connectivity index (χ0n) is 16.2. The third-order valence-corrected chi connectivity index (χ3v) is 7.42. The summed E-state index contributed by atoms with van der Waals surface area (Å²) in [5.74, 6) is 0.989. The Bertz CT molecular complexity index is 1080. The number of aromatic nitrogens is 3. The lowest BCUT2D eigenvalue weighted by Gasteiger charge is -2.39. The molecule has 0 saturated carbocycles. The summed E-state index contributed by atoms with van der Waals surface area (Å²) in [6.07, 6.45) is 0.763. The Morgan fingerprint density at radius 2 is 1.86 bits per heavy atom. The van der Waals surface area contributed by atoms with Gasteiger partial charge in [-0.3, -0.25) is 4.90 Å². The highest BCUT2D eigenvalue weighted by Crippen LogP contribution is 2.41. The molecule has 150 valence electrons. The molecule has 1 fully saturated rings. The van der Waals surface area contributed by atoms with E-state index < -0.39 is 0 Å². The van der Waals surface area contributed by atoms with Gasteiger partial charge >= 0.3 is 0 Å². The molecule has 5 rings (SSSR count). The van der Waals surface area contributed by atoms with Crippen molar-refractivity contribution in [3.63, 3.8) is 0 Å². The molecule has 1 aromatic carbocycles. The van der Waals surface area contributed by atoms with Crippen molar-refractivity contribution in [2.45, 2.75) is 19.4 Å². The molecule has 0 bridgehead atoms. The van der Waals surface area contributed by atoms with E-state index in [0.717, 1.165) is 48.3 Å². The molecule has 6 nitrogen and oxygen atoms in total. The van der Waals surface area contributed by atoms with E-state index in [-0.39, 0.29) is 11.9 Å². The lowest BCUT2D eigenvalue weighted by molar-refractivity contribution is 0.213. The standard InChI is InChI=1S/C21H23N5OS2/c1-2-17-22-21-26(23-17)20(27)19(29-21)18(16-9-6-14-28-16)25-12-10-24(11-13-25)15-7-4-3-5-8-15/h3-9,14,18,27H,2,10-13H2,1H3/t18-/m0/s1. The van der Waals surface area contributed by atoms with Gasteiger partial charge in [0.1, 0.15) is 0 Å². The molecule has 3 aromatic heterocycles. The maximum atomic E-state index is 11.0. The molecule has 1 aliphatic heterocycles. The molecule has 1 N–H and O–H groups in total. The molecule has 0 amide bonds. The first-order valence-electron chi connectivity index (χ1n) is 9.89. The summed E-state index contributed by atoms with van der Waals surface area (Å²) in [5.41, 5.74) is 1.27. The van der Waals surface area contributed by atoms with Crippen molar-refractivity contribution in [1.29, 1.82) is 0 Å². The Morgan fingerprint density at radius 1 is 1.07 bits per heavy atom. The van der Waals surface area contributed by atoms with Gasteiger partial charge in [-0.25, -0.2) is 4.98 Å². The molecular formula is C21H23N5OS2.